The minimum Gasteiger partial charge on any atom is -0.343 e. The summed E-state index contributed by atoms with van der Waals surface area (Å²) in [6.07, 6.45) is 8.22. The van der Waals surface area contributed by atoms with Gasteiger partial charge in [0.05, 0.1) is 0 Å². The predicted octanol–water partition coefficient (Wildman–Crippen LogP) is 2.31. The SMILES string of the molecule is Cl.Cl.O=C(CCC1CCNC1)N1CCC(N2CCCC2)CC1. The van der Waals surface area contributed by atoms with E-state index in [-0.39, 0.29) is 24.8 Å². The molecule has 4 nitrogen and oxygen atoms in total. The van der Waals surface area contributed by atoms with Crippen molar-refractivity contribution in [3.05, 3.63) is 0 Å². The molecule has 0 spiro atoms. The number of hydrogen-bond acceptors (Lipinski definition) is 3. The Bertz CT molecular complexity index is 323. The highest BCUT2D eigenvalue weighted by Crippen LogP contribution is 2.22. The lowest BCUT2D eigenvalue weighted by Crippen LogP contribution is -2.45. The van der Waals surface area contributed by atoms with Gasteiger partial charge in [-0.15, -0.1) is 24.8 Å². The van der Waals surface area contributed by atoms with Crippen molar-refractivity contribution >= 4 is 30.7 Å². The van der Waals surface area contributed by atoms with Crippen LogP contribution in [0.4, 0.5) is 0 Å². The van der Waals surface area contributed by atoms with E-state index in [1.807, 2.05) is 0 Å². The largest absolute Gasteiger partial charge is 0.343 e. The second-order valence-corrected chi connectivity index (χ2v) is 6.75. The maximum atomic E-state index is 12.3. The Morgan fingerprint density at radius 1 is 1.00 bits per heavy atom. The Hall–Kier alpha value is -0.0300. The van der Waals surface area contributed by atoms with Crippen LogP contribution in [0.1, 0.15) is 44.9 Å². The van der Waals surface area contributed by atoms with E-state index >= 15 is 0 Å². The third-order valence-corrected chi connectivity index (χ3v) is 5.40. The van der Waals surface area contributed by atoms with Crippen LogP contribution in [0, 0.1) is 5.92 Å². The molecule has 1 atom stereocenters. The molecule has 6 heteroatoms. The van der Waals surface area contributed by atoms with Gasteiger partial charge in [-0.2, -0.15) is 0 Å². The number of likely N-dealkylation sites (tertiary alicyclic amines) is 2. The van der Waals surface area contributed by atoms with Crippen molar-refractivity contribution in [1.29, 1.82) is 0 Å². The van der Waals surface area contributed by atoms with Gasteiger partial charge in [0.15, 0.2) is 0 Å². The van der Waals surface area contributed by atoms with E-state index in [0.717, 1.165) is 51.0 Å². The van der Waals surface area contributed by atoms with Crippen molar-refractivity contribution in [2.45, 2.75) is 51.0 Å². The predicted molar refractivity (Wildman–Crippen MR) is 95.1 cm³/mol. The van der Waals surface area contributed by atoms with Gasteiger partial charge in [0.2, 0.25) is 5.91 Å². The first-order valence-corrected chi connectivity index (χ1v) is 8.55. The highest BCUT2D eigenvalue weighted by atomic mass is 35.5. The zero-order valence-corrected chi connectivity index (χ0v) is 15.1. The Balaban J connectivity index is 0.00000121. The van der Waals surface area contributed by atoms with E-state index in [9.17, 15) is 4.79 Å². The molecule has 0 bridgehead atoms. The number of amides is 1. The molecule has 3 rings (SSSR count). The second kappa shape index (κ2) is 9.96. The number of rotatable bonds is 4. The van der Waals surface area contributed by atoms with Crippen LogP contribution in [0.15, 0.2) is 0 Å². The maximum absolute atomic E-state index is 12.3. The van der Waals surface area contributed by atoms with E-state index in [1.54, 1.807) is 0 Å². The molecule has 0 aromatic heterocycles. The van der Waals surface area contributed by atoms with Crippen LogP contribution in [0.5, 0.6) is 0 Å². The van der Waals surface area contributed by atoms with Crippen molar-refractivity contribution in [2.75, 3.05) is 39.3 Å². The molecule has 130 valence electrons. The average Bonchev–Trinajstić information content (AvgIpc) is 3.18. The van der Waals surface area contributed by atoms with Crippen molar-refractivity contribution in [3.63, 3.8) is 0 Å². The lowest BCUT2D eigenvalue weighted by atomic mass is 10.00. The molecule has 0 aromatic carbocycles. The first-order valence-electron chi connectivity index (χ1n) is 8.55. The minimum atomic E-state index is 0. The third-order valence-electron chi connectivity index (χ3n) is 5.40. The topological polar surface area (TPSA) is 35.6 Å². The van der Waals surface area contributed by atoms with Crippen molar-refractivity contribution in [2.24, 2.45) is 5.92 Å². The number of hydrogen-bond donors (Lipinski definition) is 1. The lowest BCUT2D eigenvalue weighted by molar-refractivity contribution is -0.133. The summed E-state index contributed by atoms with van der Waals surface area (Å²) >= 11 is 0. The first-order chi connectivity index (χ1) is 9.83. The van der Waals surface area contributed by atoms with Crippen molar-refractivity contribution < 1.29 is 4.79 Å². The van der Waals surface area contributed by atoms with Gasteiger partial charge in [0.25, 0.3) is 0 Å². The Morgan fingerprint density at radius 2 is 1.68 bits per heavy atom. The first kappa shape index (κ1) is 20.0. The van der Waals surface area contributed by atoms with Gasteiger partial charge in [-0.05, 0) is 70.6 Å². The van der Waals surface area contributed by atoms with Gasteiger partial charge in [-0.25, -0.2) is 0 Å². The zero-order valence-electron chi connectivity index (χ0n) is 13.5. The fourth-order valence-electron chi connectivity index (χ4n) is 4.03. The van der Waals surface area contributed by atoms with Gasteiger partial charge in [0.1, 0.15) is 0 Å². The van der Waals surface area contributed by atoms with Crippen LogP contribution < -0.4 is 5.32 Å². The third kappa shape index (κ3) is 5.26. The quantitative estimate of drug-likeness (QED) is 0.843. The number of piperidine rings is 1. The van der Waals surface area contributed by atoms with Gasteiger partial charge in [-0.1, -0.05) is 0 Å². The van der Waals surface area contributed by atoms with Crippen LogP contribution >= 0.6 is 24.8 Å². The van der Waals surface area contributed by atoms with Gasteiger partial charge < -0.3 is 15.1 Å². The highest BCUT2D eigenvalue weighted by molar-refractivity contribution is 5.85. The Morgan fingerprint density at radius 3 is 2.27 bits per heavy atom. The average molecular weight is 352 g/mol. The molecule has 1 N–H and O–H groups in total. The summed E-state index contributed by atoms with van der Waals surface area (Å²) in [5.41, 5.74) is 0. The summed E-state index contributed by atoms with van der Waals surface area (Å²) in [5, 5.41) is 3.38. The van der Waals surface area contributed by atoms with Gasteiger partial charge in [-0.3, -0.25) is 4.79 Å². The number of halogens is 2. The molecule has 3 fully saturated rings. The number of nitrogens with zero attached hydrogens (tertiary/aromatic N) is 2. The summed E-state index contributed by atoms with van der Waals surface area (Å²) < 4.78 is 0. The number of nitrogens with one attached hydrogen (secondary N) is 1. The molecule has 0 saturated carbocycles. The molecule has 3 aliphatic heterocycles. The molecule has 0 radical (unpaired) electrons. The smallest absolute Gasteiger partial charge is 0.222 e. The van der Waals surface area contributed by atoms with E-state index < -0.39 is 0 Å². The summed E-state index contributed by atoms with van der Waals surface area (Å²) in [5.74, 6) is 1.14. The highest BCUT2D eigenvalue weighted by Gasteiger charge is 2.28. The molecular formula is C16H31Cl2N3O. The van der Waals surface area contributed by atoms with Crippen molar-refractivity contribution in [1.82, 2.24) is 15.1 Å². The van der Waals surface area contributed by atoms with Crippen LogP contribution in [-0.2, 0) is 4.79 Å². The Labute approximate surface area is 147 Å². The fourth-order valence-corrected chi connectivity index (χ4v) is 4.03. The van der Waals surface area contributed by atoms with Gasteiger partial charge in [0, 0.05) is 25.6 Å². The normalized spacial score (nSPS) is 26.5. The molecular weight excluding hydrogens is 321 g/mol. The number of carbonyl (C=O) groups excluding carboxylic acids is 1. The summed E-state index contributed by atoms with van der Waals surface area (Å²) in [7, 11) is 0. The van der Waals surface area contributed by atoms with Crippen LogP contribution in [-0.4, -0.2) is 61.0 Å². The molecule has 0 aliphatic carbocycles. The lowest BCUT2D eigenvalue weighted by Gasteiger charge is -2.36. The van der Waals surface area contributed by atoms with Gasteiger partial charge >= 0.3 is 0 Å². The van der Waals surface area contributed by atoms with Crippen molar-refractivity contribution in [3.8, 4) is 0 Å². The molecule has 1 amide bonds. The van der Waals surface area contributed by atoms with E-state index in [4.69, 9.17) is 0 Å². The summed E-state index contributed by atoms with van der Waals surface area (Å²) in [6, 6.07) is 0.751. The second-order valence-electron chi connectivity index (χ2n) is 6.75. The molecule has 0 aromatic rings. The van der Waals surface area contributed by atoms with Crippen LogP contribution in [0.25, 0.3) is 0 Å². The van der Waals surface area contributed by atoms with E-state index in [0.29, 0.717) is 5.91 Å². The summed E-state index contributed by atoms with van der Waals surface area (Å²) in [4.78, 5) is 17.0. The molecule has 3 saturated heterocycles. The van der Waals surface area contributed by atoms with Crippen LogP contribution in [0.2, 0.25) is 0 Å². The van der Waals surface area contributed by atoms with E-state index in [1.165, 1.54) is 45.2 Å². The van der Waals surface area contributed by atoms with Crippen LogP contribution in [0.3, 0.4) is 0 Å². The Kier molecular flexibility index (Phi) is 9.07. The monoisotopic (exact) mass is 351 g/mol. The maximum Gasteiger partial charge on any atom is 0.222 e. The fraction of sp³-hybridized carbons (Fsp3) is 0.938. The minimum absolute atomic E-state index is 0. The molecule has 1 unspecified atom stereocenters. The zero-order chi connectivity index (χ0) is 13.8. The molecule has 22 heavy (non-hydrogen) atoms. The molecule has 3 heterocycles. The molecule has 3 aliphatic rings. The van der Waals surface area contributed by atoms with E-state index in [2.05, 4.69) is 15.1 Å². The standard InChI is InChI=1S/C16H29N3O.2ClH/c20-16(4-3-14-5-8-17-13-14)19-11-6-15(7-12-19)18-9-1-2-10-18;;/h14-15,17H,1-13H2;2*1H. The summed E-state index contributed by atoms with van der Waals surface area (Å²) in [6.45, 7) is 6.80. The number of carbonyl (C=O) groups is 1.